The van der Waals surface area contributed by atoms with Gasteiger partial charge in [0.15, 0.2) is 5.78 Å². The van der Waals surface area contributed by atoms with Crippen LogP contribution >= 0.6 is 0 Å². The first-order valence-corrected chi connectivity index (χ1v) is 36.9. The number of amides is 8. The Morgan fingerprint density at radius 2 is 1.01 bits per heavy atom. The number of nitrogens with zero attached hydrogens (tertiary/aromatic N) is 7. The molecule has 24 nitrogen and oxygen atoms in total. The van der Waals surface area contributed by atoms with E-state index in [1.165, 1.54) is 66.5 Å². The number of esters is 2. The van der Waals surface area contributed by atoms with Gasteiger partial charge in [-0.25, -0.2) is 9.59 Å². The molecule has 2 N–H and O–H groups in total. The van der Waals surface area contributed by atoms with E-state index in [-0.39, 0.29) is 104 Å². The molecular weight excluding hydrogens is 1290 g/mol. The molecule has 0 radical (unpaired) electrons. The van der Waals surface area contributed by atoms with Crippen molar-refractivity contribution in [3.05, 3.63) is 12.2 Å². The minimum Gasteiger partial charge on any atom is -0.462 e. The Balaban J connectivity index is 7.16. The van der Waals surface area contributed by atoms with E-state index >= 15 is 14.4 Å². The van der Waals surface area contributed by atoms with Crippen LogP contribution in [0.15, 0.2) is 12.2 Å². The second kappa shape index (κ2) is 43.6. The molecule has 13 atom stereocenters. The number of carbonyl (C=O) groups is 12. The molecule has 24 heteroatoms. The number of hydrogen-bond acceptors (Lipinski definition) is 16. The Kier molecular flexibility index (Phi) is 40.8. The fourth-order valence-electron chi connectivity index (χ4n) is 12.8. The van der Waals surface area contributed by atoms with Gasteiger partial charge in [-0.15, -0.1) is 0 Å². The number of hydrogen-bond donors (Lipinski definition) is 2. The van der Waals surface area contributed by atoms with Crippen molar-refractivity contribution >= 4 is 70.9 Å². The zero-order valence-corrected chi connectivity index (χ0v) is 67.9. The van der Waals surface area contributed by atoms with Crippen molar-refractivity contribution in [2.24, 2.45) is 59.2 Å². The summed E-state index contributed by atoms with van der Waals surface area (Å²) in [4.78, 5) is 180. The third kappa shape index (κ3) is 31.6. The van der Waals surface area contributed by atoms with E-state index < -0.39 is 131 Å². The fourth-order valence-corrected chi connectivity index (χ4v) is 12.8. The number of aliphatic hydroxyl groups is 1. The number of allylic oxidation sites excluding steroid dienone is 2. The molecule has 101 heavy (non-hydrogen) atoms. The SMILES string of the molecule is C/C=C/C[C@@H](C)[C@@H](OC(C)=O)[C@@H](C(=O)N[C@@H](CC)C(=O)OCCN(C)C(C)=O)N(C)C(=O)[C@H](C(C)C)N(C)C(=O)[C@H](CC(C)C)N(C)C(=O)[C@H](CC(C)C)N(C)C(=O)[C@@H](C)CC(=O)[C@H](C)CC(=O)[C@H](CC(C)C)N(C)C(=O)[C@@H](CC[C@H]([C@H](C)CCC(C)(C)O)N(C)C(=O)OC(C)(C)C)C(C)C. The van der Waals surface area contributed by atoms with E-state index in [0.717, 1.165) is 4.90 Å². The van der Waals surface area contributed by atoms with Crippen LogP contribution in [0.25, 0.3) is 0 Å². The average Bonchev–Trinajstić information content (AvgIpc) is 0.801. The van der Waals surface area contributed by atoms with Crippen LogP contribution in [0.1, 0.15) is 230 Å². The predicted molar refractivity (Wildman–Crippen MR) is 394 cm³/mol. The first kappa shape index (κ1) is 94.5. The molecule has 0 unspecified atom stereocenters. The molecule has 0 aromatic carbocycles. The van der Waals surface area contributed by atoms with Crippen molar-refractivity contribution in [2.75, 3.05) is 62.5 Å². The molecule has 8 amide bonds. The van der Waals surface area contributed by atoms with Gasteiger partial charge in [-0.05, 0) is 141 Å². The first-order valence-electron chi connectivity index (χ1n) is 36.9. The molecule has 0 aromatic heterocycles. The number of rotatable bonds is 44. The molecule has 0 saturated heterocycles. The summed E-state index contributed by atoms with van der Waals surface area (Å²) in [5.74, 6) is -9.90. The molecule has 0 bridgehead atoms. The van der Waals surface area contributed by atoms with E-state index in [1.807, 2.05) is 68.4 Å². The monoisotopic (exact) mass is 1430 g/mol. The average molecular weight is 1430 g/mol. The summed E-state index contributed by atoms with van der Waals surface area (Å²) in [6.45, 7) is 40.7. The van der Waals surface area contributed by atoms with Gasteiger partial charge in [0, 0.05) is 99.8 Å². The number of nitrogens with one attached hydrogen (secondary N) is 1. The van der Waals surface area contributed by atoms with Gasteiger partial charge < -0.3 is 58.9 Å². The molecule has 0 aromatic rings. The molecule has 0 heterocycles. The number of ether oxygens (including phenoxy) is 3. The maximum absolute atomic E-state index is 15.3. The van der Waals surface area contributed by atoms with Gasteiger partial charge in [0.05, 0.1) is 18.2 Å². The Bertz CT molecular complexity index is 2740. The minimum atomic E-state index is -1.55. The third-order valence-corrected chi connectivity index (χ3v) is 19.2. The standard InChI is InChI=1S/C77H138N8O16/c1-31-33-34-52(14)67(100-56(18)87)66(68(90)78-58(32-2)74(96)99-40-39-79(24)55(17)86)85(30)73(95)65(50(11)12)84(29)72(94)62(43-48(7)8)82(27)71(93)61(42-47(5)6)81(26)69(91)54(16)45-63(88)53(15)44-64(89)60(41-46(3)4)80(25)70(92)57(49(9)10)35-36-59(51(13)37-38-77(22,23)98)83(28)75(97)101-76(19,20)21/h31,33,46-54,57-62,65-67,98H,32,34-45H2,1-30H3,(H,78,90)/b33-31+/t51-,52-,53-,54+,57+,58+,59-,60+,61+,62+,65+,66+,67-/m1/s1. The molecule has 0 aliphatic heterocycles. The Morgan fingerprint density at radius 3 is 1.46 bits per heavy atom. The predicted octanol–water partition coefficient (Wildman–Crippen LogP) is 10.0. The maximum atomic E-state index is 15.3. The van der Waals surface area contributed by atoms with Gasteiger partial charge in [-0.1, -0.05) is 116 Å². The van der Waals surface area contributed by atoms with Crippen LogP contribution in [-0.4, -0.2) is 232 Å². The summed E-state index contributed by atoms with van der Waals surface area (Å²) in [6.07, 6.45) is 4.42. The van der Waals surface area contributed by atoms with Crippen LogP contribution in [0.2, 0.25) is 0 Å². The highest BCUT2D eigenvalue weighted by Crippen LogP contribution is 2.32. The third-order valence-electron chi connectivity index (χ3n) is 19.2. The summed E-state index contributed by atoms with van der Waals surface area (Å²) in [7, 11) is 10.7. The summed E-state index contributed by atoms with van der Waals surface area (Å²) < 4.78 is 17.1. The maximum Gasteiger partial charge on any atom is 0.410 e. The van der Waals surface area contributed by atoms with E-state index in [9.17, 15) is 48.3 Å². The lowest BCUT2D eigenvalue weighted by Crippen LogP contribution is -2.63. The highest BCUT2D eigenvalue weighted by Gasteiger charge is 2.47. The van der Waals surface area contributed by atoms with Crippen molar-refractivity contribution in [3.63, 3.8) is 0 Å². The number of Topliss-reactive ketones (excluding diaryl/α,β-unsaturated/α-hetero) is 2. The van der Waals surface area contributed by atoms with Crippen LogP contribution in [0.5, 0.6) is 0 Å². The van der Waals surface area contributed by atoms with Crippen LogP contribution in [0.4, 0.5) is 4.79 Å². The molecule has 0 aliphatic carbocycles. The second-order valence-corrected chi connectivity index (χ2v) is 32.3. The van der Waals surface area contributed by atoms with Gasteiger partial charge in [0.25, 0.3) is 0 Å². The van der Waals surface area contributed by atoms with E-state index in [0.29, 0.717) is 38.5 Å². The summed E-state index contributed by atoms with van der Waals surface area (Å²) in [5.41, 5.74) is -1.66. The summed E-state index contributed by atoms with van der Waals surface area (Å²) in [6, 6.07) is -7.52. The Morgan fingerprint density at radius 1 is 0.535 bits per heavy atom. The van der Waals surface area contributed by atoms with Crippen molar-refractivity contribution in [1.82, 2.24) is 39.6 Å². The van der Waals surface area contributed by atoms with Crippen molar-refractivity contribution < 1.29 is 76.9 Å². The van der Waals surface area contributed by atoms with Crippen molar-refractivity contribution in [2.45, 2.75) is 289 Å². The first-order chi connectivity index (χ1) is 46.3. The van der Waals surface area contributed by atoms with Crippen LogP contribution in [0, 0.1) is 59.2 Å². The van der Waals surface area contributed by atoms with Gasteiger partial charge >= 0.3 is 18.0 Å². The van der Waals surface area contributed by atoms with Gasteiger partial charge in [-0.2, -0.15) is 0 Å². The number of likely N-dealkylation sites (N-methyl/N-ethyl adjacent to an activating group) is 6. The van der Waals surface area contributed by atoms with Crippen LogP contribution in [-0.2, 0) is 67.0 Å². The normalized spacial score (nSPS) is 16.0. The molecule has 0 spiro atoms. The Hall–Kier alpha value is -6.46. The quantitative estimate of drug-likeness (QED) is 0.0326. The number of ketones is 2. The summed E-state index contributed by atoms with van der Waals surface area (Å²) in [5, 5.41) is 13.3. The zero-order chi connectivity index (χ0) is 78.8. The minimum absolute atomic E-state index is 0.00842. The molecule has 0 fully saturated rings. The molecule has 0 aliphatic rings. The smallest absolute Gasteiger partial charge is 0.410 e. The Labute approximate surface area is 608 Å². The molecular formula is C77H138N8O16. The number of carbonyl (C=O) groups excluding carboxylic acids is 12. The molecule has 0 rings (SSSR count). The van der Waals surface area contributed by atoms with Gasteiger partial charge in [-0.3, -0.25) is 47.9 Å². The van der Waals surface area contributed by atoms with E-state index in [4.69, 9.17) is 14.2 Å². The molecule has 582 valence electrons. The van der Waals surface area contributed by atoms with Crippen LogP contribution < -0.4 is 5.32 Å². The van der Waals surface area contributed by atoms with Gasteiger partial charge in [0.1, 0.15) is 54.3 Å². The van der Waals surface area contributed by atoms with Crippen LogP contribution in [0.3, 0.4) is 0 Å². The highest BCUT2D eigenvalue weighted by atomic mass is 16.6. The lowest BCUT2D eigenvalue weighted by molar-refractivity contribution is -0.164. The molecule has 0 saturated carbocycles. The topological polar surface area (TPSA) is 287 Å². The fraction of sp³-hybridized carbons (Fsp3) is 0.818. The van der Waals surface area contributed by atoms with Crippen molar-refractivity contribution in [1.29, 1.82) is 0 Å². The van der Waals surface area contributed by atoms with E-state index in [1.54, 1.807) is 115 Å². The van der Waals surface area contributed by atoms with Gasteiger partial charge in [0.2, 0.25) is 41.4 Å². The zero-order valence-electron chi connectivity index (χ0n) is 67.9. The van der Waals surface area contributed by atoms with E-state index in [2.05, 4.69) is 5.32 Å². The highest BCUT2D eigenvalue weighted by molar-refractivity contribution is 5.98. The second-order valence-electron chi connectivity index (χ2n) is 32.3. The van der Waals surface area contributed by atoms with Crippen molar-refractivity contribution in [3.8, 4) is 0 Å². The largest absolute Gasteiger partial charge is 0.462 e. The lowest BCUT2D eigenvalue weighted by Gasteiger charge is -2.42. The summed E-state index contributed by atoms with van der Waals surface area (Å²) >= 11 is 0. The lowest BCUT2D eigenvalue weighted by atomic mass is 9.83.